The van der Waals surface area contributed by atoms with Crippen LogP contribution in [0.1, 0.15) is 55.6 Å². The van der Waals surface area contributed by atoms with Crippen LogP contribution in [-0.4, -0.2) is 0 Å². The number of anilines is 6. The van der Waals surface area contributed by atoms with Gasteiger partial charge in [0, 0.05) is 33.8 Å². The summed E-state index contributed by atoms with van der Waals surface area (Å²) in [5.74, 6) is 0. The normalized spacial score (nSPS) is 11.4. The molecule has 0 fully saturated rings. The van der Waals surface area contributed by atoms with Crippen molar-refractivity contribution in [2.75, 3.05) is 9.80 Å². The molecule has 0 aliphatic rings. The molecular formula is C62H56N2. The fourth-order valence-electron chi connectivity index (χ4n) is 8.62. The molecule has 314 valence electrons. The van der Waals surface area contributed by atoms with Crippen LogP contribution in [0.3, 0.4) is 0 Å². The third-order valence-corrected chi connectivity index (χ3v) is 13.2. The van der Waals surface area contributed by atoms with Crippen molar-refractivity contribution < 1.29 is 0 Å². The van der Waals surface area contributed by atoms with Gasteiger partial charge in [0.25, 0.3) is 0 Å². The number of hydrogen-bond donors (Lipinski definition) is 0. The SMILES string of the molecule is Cc1ccc(N(c2ccc(-c3ccc(C=Cc4ccc(-c5ccc(N(c6ccc(C)c(C)c6)c6ccc(C)c(C)c6)c6ccccc56)cc4)cc3)cc2)c2ccc(C)c(C)c2)cc1C. The Morgan fingerprint density at radius 2 is 0.641 bits per heavy atom. The summed E-state index contributed by atoms with van der Waals surface area (Å²) in [6, 6.07) is 67.2. The highest BCUT2D eigenvalue weighted by atomic mass is 15.1. The molecule has 0 amide bonds. The zero-order valence-corrected chi connectivity index (χ0v) is 38.4. The number of hydrogen-bond acceptors (Lipinski definition) is 2. The van der Waals surface area contributed by atoms with Crippen LogP contribution in [0.4, 0.5) is 34.1 Å². The maximum absolute atomic E-state index is 2.41. The Balaban J connectivity index is 0.944. The van der Waals surface area contributed by atoms with Gasteiger partial charge in [0.05, 0.1) is 5.69 Å². The lowest BCUT2D eigenvalue weighted by Crippen LogP contribution is -2.11. The molecule has 0 saturated carbocycles. The molecule has 0 aliphatic heterocycles. The summed E-state index contributed by atoms with van der Waals surface area (Å²) in [4.78, 5) is 4.77. The molecule has 2 nitrogen and oxygen atoms in total. The molecule has 64 heavy (non-hydrogen) atoms. The van der Waals surface area contributed by atoms with Crippen molar-refractivity contribution in [2.24, 2.45) is 0 Å². The first-order valence-electron chi connectivity index (χ1n) is 22.4. The van der Waals surface area contributed by atoms with Crippen LogP contribution in [-0.2, 0) is 0 Å². The summed E-state index contributed by atoms with van der Waals surface area (Å²) in [5.41, 5.74) is 24.4. The van der Waals surface area contributed by atoms with Gasteiger partial charge in [0.15, 0.2) is 0 Å². The predicted octanol–water partition coefficient (Wildman–Crippen LogP) is 17.8. The van der Waals surface area contributed by atoms with Crippen LogP contribution >= 0.6 is 0 Å². The maximum atomic E-state index is 2.41. The Morgan fingerprint density at radius 3 is 1.06 bits per heavy atom. The van der Waals surface area contributed by atoms with Gasteiger partial charge < -0.3 is 9.80 Å². The average molecular weight is 829 g/mol. The fourth-order valence-corrected chi connectivity index (χ4v) is 8.62. The van der Waals surface area contributed by atoms with E-state index in [2.05, 4.69) is 259 Å². The lowest BCUT2D eigenvalue weighted by molar-refractivity contribution is 1.23. The molecule has 0 radical (unpaired) electrons. The predicted molar refractivity (Wildman–Crippen MR) is 277 cm³/mol. The minimum atomic E-state index is 1.14. The summed E-state index contributed by atoms with van der Waals surface area (Å²) in [5, 5.41) is 2.45. The molecule has 0 bridgehead atoms. The van der Waals surface area contributed by atoms with E-state index in [1.807, 2.05) is 0 Å². The molecule has 2 heteroatoms. The number of rotatable bonds is 10. The van der Waals surface area contributed by atoms with Crippen molar-refractivity contribution in [3.05, 3.63) is 238 Å². The summed E-state index contributed by atoms with van der Waals surface area (Å²) >= 11 is 0. The van der Waals surface area contributed by atoms with Crippen molar-refractivity contribution in [3.8, 4) is 22.3 Å². The first-order chi connectivity index (χ1) is 31.0. The fraction of sp³-hybridized carbons (Fsp3) is 0.129. The van der Waals surface area contributed by atoms with Crippen molar-refractivity contribution in [1.82, 2.24) is 0 Å². The lowest BCUT2D eigenvalue weighted by atomic mass is 9.95. The van der Waals surface area contributed by atoms with E-state index in [-0.39, 0.29) is 0 Å². The minimum absolute atomic E-state index is 1.14. The average Bonchev–Trinajstić information content (AvgIpc) is 3.31. The molecule has 0 aliphatic carbocycles. The molecule has 0 spiro atoms. The monoisotopic (exact) mass is 828 g/mol. The van der Waals surface area contributed by atoms with Crippen molar-refractivity contribution >= 4 is 57.0 Å². The summed E-state index contributed by atoms with van der Waals surface area (Å²) < 4.78 is 0. The molecule has 0 heterocycles. The summed E-state index contributed by atoms with van der Waals surface area (Å²) in [6.07, 6.45) is 4.40. The number of nitrogens with zero attached hydrogens (tertiary/aromatic N) is 2. The van der Waals surface area contributed by atoms with E-state index in [4.69, 9.17) is 0 Å². The zero-order valence-electron chi connectivity index (χ0n) is 38.4. The van der Waals surface area contributed by atoms with Gasteiger partial charge in [-0.05, 0) is 205 Å². The zero-order chi connectivity index (χ0) is 44.5. The van der Waals surface area contributed by atoms with Gasteiger partial charge in [0.2, 0.25) is 0 Å². The van der Waals surface area contributed by atoms with Crippen LogP contribution in [0.2, 0.25) is 0 Å². The molecule has 0 saturated heterocycles. The molecule has 9 aromatic carbocycles. The Morgan fingerprint density at radius 1 is 0.281 bits per heavy atom. The Kier molecular flexibility index (Phi) is 11.6. The smallest absolute Gasteiger partial charge is 0.0540 e. The molecule has 0 unspecified atom stereocenters. The van der Waals surface area contributed by atoms with E-state index in [0.29, 0.717) is 0 Å². The third-order valence-electron chi connectivity index (χ3n) is 13.2. The van der Waals surface area contributed by atoms with E-state index >= 15 is 0 Å². The quantitative estimate of drug-likeness (QED) is 0.127. The van der Waals surface area contributed by atoms with Gasteiger partial charge in [-0.1, -0.05) is 127 Å². The van der Waals surface area contributed by atoms with Crippen molar-refractivity contribution in [3.63, 3.8) is 0 Å². The first-order valence-corrected chi connectivity index (χ1v) is 22.4. The standard InChI is InChI=1S/C62H56N2/c1-41-13-29-55(37-45(41)5)63(56-30-14-42(2)46(6)38-56)54-33-27-52(28-34-54)51-23-19-49(20-24-51)17-18-50-21-25-53(26-22-50)59-35-36-62(61-12-10-9-11-60(59)61)64(57-31-15-43(3)47(7)39-57)58-32-16-44(4)48(8)40-58/h9-40H,1-8H3. The second-order valence-electron chi connectivity index (χ2n) is 17.5. The van der Waals surface area contributed by atoms with Gasteiger partial charge in [-0.15, -0.1) is 0 Å². The van der Waals surface area contributed by atoms with Crippen LogP contribution in [0.25, 0.3) is 45.2 Å². The second-order valence-corrected chi connectivity index (χ2v) is 17.5. The van der Waals surface area contributed by atoms with Crippen LogP contribution in [0.5, 0.6) is 0 Å². The lowest BCUT2D eigenvalue weighted by Gasteiger charge is -2.28. The van der Waals surface area contributed by atoms with E-state index in [0.717, 1.165) is 34.0 Å². The largest absolute Gasteiger partial charge is 0.310 e. The molecular weight excluding hydrogens is 773 g/mol. The Bertz CT molecular complexity index is 3070. The summed E-state index contributed by atoms with van der Waals surface area (Å²) in [6.45, 7) is 17.5. The van der Waals surface area contributed by atoms with Crippen molar-refractivity contribution in [1.29, 1.82) is 0 Å². The number of aryl methyl sites for hydroxylation is 8. The van der Waals surface area contributed by atoms with Crippen LogP contribution in [0.15, 0.2) is 182 Å². The highest BCUT2D eigenvalue weighted by molar-refractivity contribution is 6.06. The van der Waals surface area contributed by atoms with Gasteiger partial charge in [-0.2, -0.15) is 0 Å². The molecule has 0 aromatic heterocycles. The number of benzene rings is 9. The number of fused-ring (bicyclic) bond motifs is 1. The van der Waals surface area contributed by atoms with Crippen molar-refractivity contribution in [2.45, 2.75) is 55.4 Å². The minimum Gasteiger partial charge on any atom is -0.310 e. The van der Waals surface area contributed by atoms with Gasteiger partial charge >= 0.3 is 0 Å². The molecule has 0 N–H and O–H groups in total. The van der Waals surface area contributed by atoms with Crippen LogP contribution < -0.4 is 9.80 Å². The highest BCUT2D eigenvalue weighted by Gasteiger charge is 2.19. The topological polar surface area (TPSA) is 6.48 Å². The summed E-state index contributed by atoms with van der Waals surface area (Å²) in [7, 11) is 0. The molecule has 0 atom stereocenters. The highest BCUT2D eigenvalue weighted by Crippen LogP contribution is 2.43. The molecule has 9 aromatic rings. The second kappa shape index (κ2) is 17.8. The third kappa shape index (κ3) is 8.52. The maximum Gasteiger partial charge on any atom is 0.0540 e. The van der Waals surface area contributed by atoms with Gasteiger partial charge in [-0.25, -0.2) is 0 Å². The van der Waals surface area contributed by atoms with Gasteiger partial charge in [0.1, 0.15) is 0 Å². The molecule has 9 rings (SSSR count). The Labute approximate surface area is 380 Å². The van der Waals surface area contributed by atoms with Gasteiger partial charge in [-0.3, -0.25) is 0 Å². The van der Waals surface area contributed by atoms with E-state index in [1.54, 1.807) is 0 Å². The first kappa shape index (κ1) is 41.9. The van der Waals surface area contributed by atoms with Crippen LogP contribution in [0, 0.1) is 55.4 Å². The van der Waals surface area contributed by atoms with E-state index < -0.39 is 0 Å². The Hall–Kier alpha value is -7.42. The van der Waals surface area contributed by atoms with E-state index in [1.165, 1.54) is 88.8 Å². The van der Waals surface area contributed by atoms with E-state index in [9.17, 15) is 0 Å².